The fourth-order valence-corrected chi connectivity index (χ4v) is 5.71. The van der Waals surface area contributed by atoms with Crippen molar-refractivity contribution in [3.63, 3.8) is 0 Å². The molecule has 0 saturated carbocycles. The van der Waals surface area contributed by atoms with Crippen LogP contribution in [0.15, 0.2) is 54.6 Å². The Labute approximate surface area is 191 Å². The summed E-state index contributed by atoms with van der Waals surface area (Å²) in [6.07, 6.45) is 3.75. The van der Waals surface area contributed by atoms with Gasteiger partial charge in [-0.25, -0.2) is 8.42 Å². The monoisotopic (exact) mass is 456 g/mol. The molecule has 1 amide bonds. The number of carbonyl (C=O) groups is 1. The maximum atomic E-state index is 13.1. The highest BCUT2D eigenvalue weighted by Gasteiger charge is 2.34. The van der Waals surface area contributed by atoms with Crippen LogP contribution in [0.3, 0.4) is 0 Å². The molecule has 32 heavy (non-hydrogen) atoms. The van der Waals surface area contributed by atoms with Gasteiger partial charge in [0.2, 0.25) is 5.91 Å². The second kappa shape index (κ2) is 10.7. The average Bonchev–Trinajstić information content (AvgIpc) is 3.17. The first-order chi connectivity index (χ1) is 15.3. The molecule has 2 aromatic rings. The number of sulfone groups is 1. The summed E-state index contributed by atoms with van der Waals surface area (Å²) in [6.45, 7) is 6.47. The molecule has 6 nitrogen and oxygen atoms in total. The van der Waals surface area contributed by atoms with Crippen LogP contribution >= 0.6 is 0 Å². The highest BCUT2D eigenvalue weighted by molar-refractivity contribution is 7.91. The summed E-state index contributed by atoms with van der Waals surface area (Å²) in [5.74, 6) is 0.715. The number of benzene rings is 2. The topological polar surface area (TPSA) is 66.9 Å². The molecule has 0 radical (unpaired) electrons. The molecular formula is C25H32N2O4S. The predicted molar refractivity (Wildman–Crippen MR) is 130 cm³/mol. The van der Waals surface area contributed by atoms with Crippen LogP contribution in [-0.4, -0.2) is 57.0 Å². The Balaban J connectivity index is 1.78. The molecule has 1 aliphatic heterocycles. The summed E-state index contributed by atoms with van der Waals surface area (Å²) in [4.78, 5) is 17.1. The second-order valence-corrected chi connectivity index (χ2v) is 10.2. The van der Waals surface area contributed by atoms with E-state index >= 15 is 0 Å². The molecule has 1 unspecified atom stereocenters. The third-order valence-electron chi connectivity index (χ3n) is 5.88. The van der Waals surface area contributed by atoms with Crippen molar-refractivity contribution in [1.29, 1.82) is 0 Å². The largest absolute Gasteiger partial charge is 0.497 e. The lowest BCUT2D eigenvalue weighted by atomic mass is 10.1. The first-order valence-electron chi connectivity index (χ1n) is 11.0. The van der Waals surface area contributed by atoms with Crippen molar-refractivity contribution in [3.05, 3.63) is 65.7 Å². The van der Waals surface area contributed by atoms with Gasteiger partial charge in [-0.15, -0.1) is 0 Å². The summed E-state index contributed by atoms with van der Waals surface area (Å²) in [6, 6.07) is 15.3. The number of methoxy groups -OCH3 is 1. The number of ether oxygens (including phenoxy) is 1. The van der Waals surface area contributed by atoms with Crippen LogP contribution in [-0.2, 0) is 21.2 Å². The van der Waals surface area contributed by atoms with Crippen LogP contribution in [0, 0.1) is 0 Å². The first kappa shape index (κ1) is 23.9. The average molecular weight is 457 g/mol. The van der Waals surface area contributed by atoms with E-state index in [0.717, 1.165) is 35.7 Å². The van der Waals surface area contributed by atoms with Crippen molar-refractivity contribution in [2.24, 2.45) is 0 Å². The molecule has 3 rings (SSSR count). The molecule has 0 spiro atoms. The third-order valence-corrected chi connectivity index (χ3v) is 7.63. The van der Waals surface area contributed by atoms with Crippen LogP contribution in [0.1, 0.15) is 31.4 Å². The maximum Gasteiger partial charge on any atom is 0.247 e. The summed E-state index contributed by atoms with van der Waals surface area (Å²) in [5.41, 5.74) is 3.00. The van der Waals surface area contributed by atoms with E-state index in [0.29, 0.717) is 13.0 Å². The van der Waals surface area contributed by atoms with Crippen molar-refractivity contribution < 1.29 is 17.9 Å². The molecule has 1 saturated heterocycles. The molecule has 1 heterocycles. The Morgan fingerprint density at radius 1 is 1.06 bits per heavy atom. The number of nitrogens with zero attached hydrogens (tertiary/aromatic N) is 2. The molecule has 1 atom stereocenters. The van der Waals surface area contributed by atoms with Crippen molar-refractivity contribution >= 4 is 27.5 Å². The lowest BCUT2D eigenvalue weighted by Crippen LogP contribution is -2.39. The third kappa shape index (κ3) is 6.13. The Morgan fingerprint density at radius 2 is 1.72 bits per heavy atom. The van der Waals surface area contributed by atoms with Gasteiger partial charge in [0.1, 0.15) is 5.75 Å². The zero-order valence-corrected chi connectivity index (χ0v) is 19.8. The number of anilines is 1. The molecule has 7 heteroatoms. The van der Waals surface area contributed by atoms with Crippen molar-refractivity contribution in [1.82, 2.24) is 4.90 Å². The van der Waals surface area contributed by atoms with Gasteiger partial charge in [-0.1, -0.05) is 24.3 Å². The van der Waals surface area contributed by atoms with E-state index in [1.54, 1.807) is 18.1 Å². The smallest absolute Gasteiger partial charge is 0.247 e. The first-order valence-corrected chi connectivity index (χ1v) is 12.8. The number of hydrogen-bond acceptors (Lipinski definition) is 5. The normalized spacial score (nSPS) is 17.4. The van der Waals surface area contributed by atoms with E-state index in [9.17, 15) is 13.2 Å². The fourth-order valence-electron chi connectivity index (χ4n) is 3.98. The Bertz CT molecular complexity index is 1030. The van der Waals surface area contributed by atoms with Gasteiger partial charge < -0.3 is 14.5 Å². The minimum Gasteiger partial charge on any atom is -0.497 e. The van der Waals surface area contributed by atoms with Crippen LogP contribution in [0.5, 0.6) is 5.75 Å². The molecule has 0 bridgehead atoms. The zero-order valence-electron chi connectivity index (χ0n) is 19.0. The molecule has 1 aliphatic rings. The molecular weight excluding hydrogens is 424 g/mol. The summed E-state index contributed by atoms with van der Waals surface area (Å²) in [7, 11) is -1.50. The van der Waals surface area contributed by atoms with Crippen LogP contribution in [0.2, 0.25) is 0 Å². The number of rotatable bonds is 9. The Morgan fingerprint density at radius 3 is 2.25 bits per heavy atom. The van der Waals surface area contributed by atoms with Gasteiger partial charge in [-0.05, 0) is 61.7 Å². The van der Waals surface area contributed by atoms with Gasteiger partial charge in [-0.3, -0.25) is 4.79 Å². The quantitative estimate of drug-likeness (QED) is 0.538. The number of hydrogen-bond donors (Lipinski definition) is 0. The number of carbonyl (C=O) groups excluding carboxylic acids is 1. The molecule has 1 fully saturated rings. The fraction of sp³-hybridized carbons (Fsp3) is 0.400. The van der Waals surface area contributed by atoms with E-state index < -0.39 is 9.84 Å². The second-order valence-electron chi connectivity index (χ2n) is 7.97. The molecule has 0 aromatic heterocycles. The Hall–Kier alpha value is -2.80. The lowest BCUT2D eigenvalue weighted by molar-refractivity contribution is -0.128. The van der Waals surface area contributed by atoms with Gasteiger partial charge >= 0.3 is 0 Å². The number of amides is 1. The van der Waals surface area contributed by atoms with E-state index in [-0.39, 0.29) is 23.5 Å². The van der Waals surface area contributed by atoms with Crippen LogP contribution in [0.25, 0.3) is 6.08 Å². The van der Waals surface area contributed by atoms with E-state index in [2.05, 4.69) is 30.9 Å². The summed E-state index contributed by atoms with van der Waals surface area (Å²) >= 11 is 0. The van der Waals surface area contributed by atoms with Gasteiger partial charge in [0.25, 0.3) is 0 Å². The van der Waals surface area contributed by atoms with Crippen LogP contribution < -0.4 is 9.64 Å². The maximum absolute atomic E-state index is 13.1. The predicted octanol–water partition coefficient (Wildman–Crippen LogP) is 3.77. The molecule has 172 valence electrons. The minimum absolute atomic E-state index is 0.0205. The van der Waals surface area contributed by atoms with Crippen molar-refractivity contribution in [3.8, 4) is 5.75 Å². The molecule has 0 aliphatic carbocycles. The van der Waals surface area contributed by atoms with E-state index in [1.165, 1.54) is 6.08 Å². The van der Waals surface area contributed by atoms with Crippen LogP contribution in [0.4, 0.5) is 5.69 Å². The van der Waals surface area contributed by atoms with Gasteiger partial charge in [-0.2, -0.15) is 0 Å². The summed E-state index contributed by atoms with van der Waals surface area (Å²) < 4.78 is 29.3. The highest BCUT2D eigenvalue weighted by Crippen LogP contribution is 2.23. The lowest BCUT2D eigenvalue weighted by Gasteiger charge is -2.28. The van der Waals surface area contributed by atoms with E-state index in [1.807, 2.05) is 36.4 Å². The summed E-state index contributed by atoms with van der Waals surface area (Å²) in [5, 5.41) is 0. The molecule has 0 N–H and O–H groups in total. The van der Waals surface area contributed by atoms with E-state index in [4.69, 9.17) is 4.74 Å². The Kier molecular flexibility index (Phi) is 7.96. The van der Waals surface area contributed by atoms with Crippen molar-refractivity contribution in [2.45, 2.75) is 32.9 Å². The standard InChI is InChI=1S/C25H32N2O4S/c1-4-26(5-2)22-11-6-21(7-12-22)18-27(23-16-17-32(29,30)19-23)25(28)15-10-20-8-13-24(31-3)14-9-20/h6-15,23H,4-5,16-19H2,1-3H3/b15-10+. The molecule has 2 aromatic carbocycles. The van der Waals surface area contributed by atoms with Crippen molar-refractivity contribution in [2.75, 3.05) is 36.6 Å². The SMILES string of the molecule is CCN(CC)c1ccc(CN(C(=O)/C=C/c2ccc(OC)cc2)C2CCS(=O)(=O)C2)cc1. The minimum atomic E-state index is -3.10. The van der Waals surface area contributed by atoms with Gasteiger partial charge in [0, 0.05) is 37.4 Å². The van der Waals surface area contributed by atoms with Gasteiger partial charge in [0.05, 0.1) is 18.6 Å². The van der Waals surface area contributed by atoms with Gasteiger partial charge in [0.15, 0.2) is 9.84 Å². The highest BCUT2D eigenvalue weighted by atomic mass is 32.2. The zero-order chi connectivity index (χ0) is 23.1.